The van der Waals surface area contributed by atoms with Crippen LogP contribution in [0.15, 0.2) is 12.1 Å². The molecule has 0 bridgehead atoms. The van der Waals surface area contributed by atoms with Crippen LogP contribution in [0.2, 0.25) is 5.02 Å². The van der Waals surface area contributed by atoms with Crippen molar-refractivity contribution in [1.29, 1.82) is 0 Å². The first-order chi connectivity index (χ1) is 17.2. The molecule has 4 N–H and O–H groups in total. The van der Waals surface area contributed by atoms with E-state index in [0.29, 0.717) is 12.5 Å². The van der Waals surface area contributed by atoms with Gasteiger partial charge in [0.05, 0.1) is 34.2 Å². The molecule has 2 aliphatic rings. The minimum absolute atomic E-state index is 0.0411. The zero-order chi connectivity index (χ0) is 27.7. The van der Waals surface area contributed by atoms with Crippen LogP contribution in [-0.2, 0) is 19.2 Å². The second-order valence-corrected chi connectivity index (χ2v) is 9.79. The molecular formula is C23H25ClF4N4O5. The van der Waals surface area contributed by atoms with Gasteiger partial charge in [0, 0.05) is 19.0 Å². The Morgan fingerprint density at radius 1 is 1.22 bits per heavy atom. The summed E-state index contributed by atoms with van der Waals surface area (Å²) in [5.41, 5.74) is -2.63. The molecule has 1 aliphatic carbocycles. The molecule has 1 aliphatic heterocycles. The highest BCUT2D eigenvalue weighted by molar-refractivity contribution is 6.38. The molecule has 1 heterocycles. The standard InChI is InChI=1S/C23H25ClF4N4O5/c1-10-5-11(18(34)30-10)6-16(17(33)20(36)29-2)31-19(35)12-7-13(24)14(25)8-15(12)32-21(37)22(3-4-22)9-23(26,27)28/h7-8,10-11,16H,3-6,9H2,1-2H3,(H,29,36)(H,30,34)(H,31,35)(H,32,37)/t10-,11+,16+/m1/s1. The van der Waals surface area contributed by atoms with Crippen molar-refractivity contribution in [3.05, 3.63) is 28.5 Å². The van der Waals surface area contributed by atoms with E-state index in [4.69, 9.17) is 11.6 Å². The molecule has 4 amide bonds. The Hall–Kier alpha value is -3.22. The lowest BCUT2D eigenvalue weighted by atomic mass is 9.93. The van der Waals surface area contributed by atoms with Crippen LogP contribution in [0.1, 0.15) is 49.4 Å². The van der Waals surface area contributed by atoms with Gasteiger partial charge in [0.15, 0.2) is 0 Å². The van der Waals surface area contributed by atoms with Gasteiger partial charge in [-0.3, -0.25) is 24.0 Å². The fraction of sp³-hybridized carbons (Fsp3) is 0.522. The highest BCUT2D eigenvalue weighted by Gasteiger charge is 2.56. The van der Waals surface area contributed by atoms with Crippen molar-refractivity contribution in [2.45, 2.75) is 57.3 Å². The van der Waals surface area contributed by atoms with E-state index in [1.807, 2.05) is 0 Å². The van der Waals surface area contributed by atoms with Crippen LogP contribution in [0.5, 0.6) is 0 Å². The number of hydrogen-bond acceptors (Lipinski definition) is 5. The van der Waals surface area contributed by atoms with E-state index in [-0.39, 0.29) is 31.2 Å². The van der Waals surface area contributed by atoms with Crippen LogP contribution in [0, 0.1) is 17.2 Å². The number of likely N-dealkylation sites (N-methyl/N-ethyl adjacent to an activating group) is 1. The number of ketones is 1. The summed E-state index contributed by atoms with van der Waals surface area (Å²) in [7, 11) is 1.20. The number of carbonyl (C=O) groups is 5. The molecule has 1 aromatic rings. The highest BCUT2D eigenvalue weighted by atomic mass is 35.5. The molecular weight excluding hydrogens is 524 g/mol. The van der Waals surface area contributed by atoms with Gasteiger partial charge < -0.3 is 21.3 Å². The van der Waals surface area contributed by atoms with Crippen molar-refractivity contribution < 1.29 is 41.5 Å². The summed E-state index contributed by atoms with van der Waals surface area (Å²) < 4.78 is 53.0. The third-order valence-corrected chi connectivity index (χ3v) is 6.71. The molecule has 3 atom stereocenters. The van der Waals surface area contributed by atoms with Crippen LogP contribution in [0.4, 0.5) is 23.2 Å². The van der Waals surface area contributed by atoms with Crippen molar-refractivity contribution in [1.82, 2.24) is 16.0 Å². The Labute approximate surface area is 214 Å². The Bertz CT molecular complexity index is 1140. The van der Waals surface area contributed by atoms with E-state index in [0.717, 1.165) is 6.07 Å². The van der Waals surface area contributed by atoms with Gasteiger partial charge in [0.2, 0.25) is 17.6 Å². The Morgan fingerprint density at radius 2 is 1.86 bits per heavy atom. The predicted octanol–water partition coefficient (Wildman–Crippen LogP) is 2.48. The number of nitrogens with one attached hydrogen (secondary N) is 4. The summed E-state index contributed by atoms with van der Waals surface area (Å²) in [5.74, 6) is -6.31. The van der Waals surface area contributed by atoms with Crippen molar-refractivity contribution in [2.24, 2.45) is 11.3 Å². The zero-order valence-corrected chi connectivity index (χ0v) is 20.6. The maximum Gasteiger partial charge on any atom is 0.390 e. The highest BCUT2D eigenvalue weighted by Crippen LogP contribution is 2.53. The van der Waals surface area contributed by atoms with Gasteiger partial charge in [-0.1, -0.05) is 11.6 Å². The van der Waals surface area contributed by atoms with Gasteiger partial charge in [-0.15, -0.1) is 0 Å². The number of Topliss-reactive ketones (excluding diaryl/α,β-unsaturated/α-hetero) is 1. The van der Waals surface area contributed by atoms with E-state index in [2.05, 4.69) is 21.3 Å². The molecule has 1 aromatic carbocycles. The number of anilines is 1. The molecule has 37 heavy (non-hydrogen) atoms. The fourth-order valence-corrected chi connectivity index (χ4v) is 4.47. The number of alkyl halides is 3. The lowest BCUT2D eigenvalue weighted by Crippen LogP contribution is -2.48. The Morgan fingerprint density at radius 3 is 2.38 bits per heavy atom. The fourth-order valence-electron chi connectivity index (χ4n) is 4.30. The van der Waals surface area contributed by atoms with Crippen LogP contribution in [0.3, 0.4) is 0 Å². The largest absolute Gasteiger partial charge is 0.390 e. The van der Waals surface area contributed by atoms with Crippen molar-refractivity contribution in [3.63, 3.8) is 0 Å². The van der Waals surface area contributed by atoms with Crippen molar-refractivity contribution in [3.8, 4) is 0 Å². The first kappa shape index (κ1) is 28.4. The SMILES string of the molecule is CNC(=O)C(=O)[C@H](C[C@@H]1C[C@@H](C)NC1=O)NC(=O)c1cc(Cl)c(F)cc1NC(=O)C1(CC(F)(F)F)CC1. The third kappa shape index (κ3) is 6.76. The lowest BCUT2D eigenvalue weighted by molar-refractivity contribution is -0.155. The summed E-state index contributed by atoms with van der Waals surface area (Å²) in [6.45, 7) is 1.74. The second kappa shape index (κ2) is 10.6. The number of benzene rings is 1. The second-order valence-electron chi connectivity index (χ2n) is 9.39. The summed E-state index contributed by atoms with van der Waals surface area (Å²) in [6, 6.07) is -0.133. The van der Waals surface area contributed by atoms with Crippen molar-refractivity contribution >= 4 is 46.7 Å². The van der Waals surface area contributed by atoms with E-state index in [9.17, 15) is 41.5 Å². The van der Waals surface area contributed by atoms with Crippen LogP contribution < -0.4 is 21.3 Å². The van der Waals surface area contributed by atoms with Crippen LogP contribution in [0.25, 0.3) is 0 Å². The smallest absolute Gasteiger partial charge is 0.353 e. The lowest BCUT2D eigenvalue weighted by Gasteiger charge is -2.21. The molecule has 14 heteroatoms. The Kier molecular flexibility index (Phi) is 8.15. The van der Waals surface area contributed by atoms with Crippen molar-refractivity contribution in [2.75, 3.05) is 12.4 Å². The summed E-state index contributed by atoms with van der Waals surface area (Å²) in [4.78, 5) is 62.6. The number of rotatable bonds is 9. The minimum Gasteiger partial charge on any atom is -0.353 e. The van der Waals surface area contributed by atoms with Crippen LogP contribution >= 0.6 is 11.6 Å². The van der Waals surface area contributed by atoms with E-state index < -0.39 is 75.6 Å². The van der Waals surface area contributed by atoms with Gasteiger partial charge >= 0.3 is 6.18 Å². The number of carbonyl (C=O) groups excluding carboxylic acids is 5. The van der Waals surface area contributed by atoms with Gasteiger partial charge in [0.25, 0.3) is 11.8 Å². The minimum atomic E-state index is -4.61. The summed E-state index contributed by atoms with van der Waals surface area (Å²) >= 11 is 5.80. The predicted molar refractivity (Wildman–Crippen MR) is 123 cm³/mol. The molecule has 9 nitrogen and oxygen atoms in total. The molecule has 0 unspecified atom stereocenters. The topological polar surface area (TPSA) is 133 Å². The molecule has 1 saturated carbocycles. The van der Waals surface area contributed by atoms with Gasteiger partial charge in [-0.05, 0) is 44.7 Å². The first-order valence-electron chi connectivity index (χ1n) is 11.4. The van der Waals surface area contributed by atoms with E-state index in [1.165, 1.54) is 7.05 Å². The molecule has 202 valence electrons. The van der Waals surface area contributed by atoms with Gasteiger partial charge in [-0.25, -0.2) is 4.39 Å². The van der Waals surface area contributed by atoms with E-state index in [1.54, 1.807) is 6.92 Å². The average molecular weight is 549 g/mol. The zero-order valence-electron chi connectivity index (χ0n) is 19.9. The number of amides is 4. The van der Waals surface area contributed by atoms with Crippen LogP contribution in [-0.4, -0.2) is 54.7 Å². The number of hydrogen-bond donors (Lipinski definition) is 4. The normalized spacial score (nSPS) is 21.0. The first-order valence-corrected chi connectivity index (χ1v) is 11.8. The molecule has 0 aromatic heterocycles. The average Bonchev–Trinajstić information content (AvgIpc) is 3.50. The molecule has 0 spiro atoms. The number of halogens is 5. The van der Waals surface area contributed by atoms with Gasteiger partial charge in [0.1, 0.15) is 5.82 Å². The van der Waals surface area contributed by atoms with E-state index >= 15 is 0 Å². The third-order valence-electron chi connectivity index (χ3n) is 6.42. The molecule has 3 rings (SSSR count). The maximum absolute atomic E-state index is 14.2. The quantitative estimate of drug-likeness (QED) is 0.278. The Balaban J connectivity index is 1.87. The summed E-state index contributed by atoms with van der Waals surface area (Å²) in [5, 5.41) is 8.78. The monoisotopic (exact) mass is 548 g/mol. The maximum atomic E-state index is 14.2. The molecule has 1 saturated heterocycles. The van der Waals surface area contributed by atoms with Gasteiger partial charge in [-0.2, -0.15) is 13.2 Å². The molecule has 0 radical (unpaired) electrons. The molecule has 2 fully saturated rings. The summed E-state index contributed by atoms with van der Waals surface area (Å²) in [6.07, 6.45) is -5.96.